The molecule has 1 saturated heterocycles. The van der Waals surface area contributed by atoms with E-state index in [9.17, 15) is 9.59 Å². The zero-order valence-electron chi connectivity index (χ0n) is 38.7. The van der Waals surface area contributed by atoms with E-state index in [1.54, 1.807) is 0 Å². The van der Waals surface area contributed by atoms with Crippen molar-refractivity contribution >= 4 is 11.8 Å². The molecule has 1 fully saturated rings. The molecule has 5 heteroatoms. The maximum atomic E-state index is 12.9. The summed E-state index contributed by atoms with van der Waals surface area (Å²) < 4.78 is 5.87. The molecule has 0 saturated carbocycles. The fourth-order valence-electron chi connectivity index (χ4n) is 8.90. The third-order valence-corrected chi connectivity index (χ3v) is 12.9. The SMILES string of the molecule is CCCCCCCCC(CCCCCC)CCC(=O)CCCCCN(CCCCCC(=O)OCC(CCCCCC)CCCCCCCC)CCN1CCCC1. The Hall–Kier alpha value is -0.940. The van der Waals surface area contributed by atoms with Crippen LogP contribution in [0.2, 0.25) is 0 Å². The van der Waals surface area contributed by atoms with E-state index in [2.05, 4.69) is 37.5 Å². The van der Waals surface area contributed by atoms with Gasteiger partial charge < -0.3 is 14.5 Å². The van der Waals surface area contributed by atoms with Crippen molar-refractivity contribution in [1.82, 2.24) is 9.80 Å². The van der Waals surface area contributed by atoms with Crippen LogP contribution in [0.5, 0.6) is 0 Å². The van der Waals surface area contributed by atoms with Gasteiger partial charge in [-0.3, -0.25) is 9.59 Å². The predicted octanol–water partition coefficient (Wildman–Crippen LogP) is 15.1. The number of Topliss-reactive ketones (excluding diaryl/α,β-unsaturated/α-hetero) is 1. The van der Waals surface area contributed by atoms with Crippen LogP contribution in [0.15, 0.2) is 0 Å². The second-order valence-electron chi connectivity index (χ2n) is 18.3. The molecular weight excluding hydrogens is 689 g/mol. The molecular formula is C51H100N2O3. The van der Waals surface area contributed by atoms with Gasteiger partial charge in [0.25, 0.3) is 0 Å². The fraction of sp³-hybridized carbons (Fsp3) is 0.961. The lowest BCUT2D eigenvalue weighted by Crippen LogP contribution is -2.35. The summed E-state index contributed by atoms with van der Waals surface area (Å²) in [5.41, 5.74) is 0. The Kier molecular flexibility index (Phi) is 38.7. The number of esters is 1. The molecule has 0 aromatic rings. The van der Waals surface area contributed by atoms with Crippen molar-refractivity contribution in [1.29, 1.82) is 0 Å². The highest BCUT2D eigenvalue weighted by molar-refractivity contribution is 5.78. The van der Waals surface area contributed by atoms with E-state index in [0.29, 0.717) is 24.7 Å². The maximum absolute atomic E-state index is 12.9. The monoisotopic (exact) mass is 789 g/mol. The smallest absolute Gasteiger partial charge is 0.305 e. The van der Waals surface area contributed by atoms with Gasteiger partial charge in [-0.1, -0.05) is 182 Å². The summed E-state index contributed by atoms with van der Waals surface area (Å²) in [6.07, 6.45) is 44.4. The maximum Gasteiger partial charge on any atom is 0.305 e. The van der Waals surface area contributed by atoms with Crippen LogP contribution in [0.3, 0.4) is 0 Å². The number of rotatable bonds is 44. The fourth-order valence-corrected chi connectivity index (χ4v) is 8.90. The highest BCUT2D eigenvalue weighted by atomic mass is 16.5. The van der Waals surface area contributed by atoms with Crippen molar-refractivity contribution in [3.8, 4) is 0 Å². The number of likely N-dealkylation sites (tertiary alicyclic amines) is 1. The predicted molar refractivity (Wildman–Crippen MR) is 245 cm³/mol. The zero-order chi connectivity index (χ0) is 40.6. The Morgan fingerprint density at radius 3 is 1.41 bits per heavy atom. The minimum absolute atomic E-state index is 0.0206. The van der Waals surface area contributed by atoms with Crippen LogP contribution < -0.4 is 0 Å². The topological polar surface area (TPSA) is 49.9 Å². The third-order valence-electron chi connectivity index (χ3n) is 12.9. The molecule has 1 rings (SSSR count). The van der Waals surface area contributed by atoms with E-state index in [1.807, 2.05) is 0 Å². The summed E-state index contributed by atoms with van der Waals surface area (Å²) in [6.45, 7) is 16.9. The molecule has 1 aliphatic rings. The summed E-state index contributed by atoms with van der Waals surface area (Å²) in [5.74, 6) is 1.83. The number of hydrogen-bond acceptors (Lipinski definition) is 5. The molecule has 0 radical (unpaired) electrons. The minimum Gasteiger partial charge on any atom is -0.465 e. The molecule has 0 amide bonds. The van der Waals surface area contributed by atoms with Gasteiger partial charge in [0.15, 0.2) is 0 Å². The average molecular weight is 789 g/mol. The van der Waals surface area contributed by atoms with Gasteiger partial charge in [0.2, 0.25) is 0 Å². The lowest BCUT2D eigenvalue weighted by molar-refractivity contribution is -0.145. The first-order valence-electron chi connectivity index (χ1n) is 25.6. The molecule has 1 aliphatic heterocycles. The second kappa shape index (κ2) is 40.8. The molecule has 0 bridgehead atoms. The molecule has 2 unspecified atom stereocenters. The lowest BCUT2D eigenvalue weighted by Gasteiger charge is -2.25. The number of ether oxygens (including phenoxy) is 1. The lowest BCUT2D eigenvalue weighted by atomic mass is 9.89. The first kappa shape index (κ1) is 53.1. The Morgan fingerprint density at radius 2 is 0.893 bits per heavy atom. The standard InChI is InChI=1S/C51H100N2O3/c1-5-9-13-17-19-25-34-48(33-23-15-11-7-3)39-40-50(54)37-27-21-29-41-52(45-46-53-43-31-32-44-53)42-30-22-28-38-51(55)56-47-49(35-24-16-12-8-4)36-26-20-18-14-10-6-2/h48-49H,5-47H2,1-4H3. The Bertz CT molecular complexity index is 785. The number of ketones is 1. The normalized spacial score (nSPS) is 14.5. The number of hydrogen-bond donors (Lipinski definition) is 0. The van der Waals surface area contributed by atoms with Crippen molar-refractivity contribution in [2.45, 2.75) is 259 Å². The summed E-state index contributed by atoms with van der Waals surface area (Å²) in [6, 6.07) is 0. The van der Waals surface area contributed by atoms with Crippen LogP contribution in [-0.2, 0) is 14.3 Å². The van der Waals surface area contributed by atoms with E-state index in [1.165, 1.54) is 193 Å². The second-order valence-corrected chi connectivity index (χ2v) is 18.3. The summed E-state index contributed by atoms with van der Waals surface area (Å²) in [4.78, 5) is 31.0. The number of unbranched alkanes of at least 4 members (excludes halogenated alkanes) is 20. The van der Waals surface area contributed by atoms with Gasteiger partial charge in [-0.2, -0.15) is 0 Å². The quantitative estimate of drug-likeness (QED) is 0.0455. The van der Waals surface area contributed by atoms with E-state index in [-0.39, 0.29) is 5.97 Å². The highest BCUT2D eigenvalue weighted by Gasteiger charge is 2.16. The van der Waals surface area contributed by atoms with Gasteiger partial charge in [0.05, 0.1) is 6.61 Å². The van der Waals surface area contributed by atoms with E-state index < -0.39 is 0 Å². The number of carbonyl (C=O) groups excluding carboxylic acids is 2. The average Bonchev–Trinajstić information content (AvgIpc) is 3.73. The molecule has 0 aliphatic carbocycles. The van der Waals surface area contributed by atoms with Crippen LogP contribution in [0.1, 0.15) is 259 Å². The molecule has 1 heterocycles. The van der Waals surface area contributed by atoms with Crippen LogP contribution in [0.25, 0.3) is 0 Å². The zero-order valence-corrected chi connectivity index (χ0v) is 38.7. The molecule has 5 nitrogen and oxygen atoms in total. The van der Waals surface area contributed by atoms with Gasteiger partial charge >= 0.3 is 5.97 Å². The summed E-state index contributed by atoms with van der Waals surface area (Å²) in [7, 11) is 0. The van der Waals surface area contributed by atoms with Gasteiger partial charge in [-0.05, 0) is 95.8 Å². The van der Waals surface area contributed by atoms with E-state index in [0.717, 1.165) is 76.9 Å². The summed E-state index contributed by atoms with van der Waals surface area (Å²) in [5, 5.41) is 0. The largest absolute Gasteiger partial charge is 0.465 e. The molecule has 332 valence electrons. The van der Waals surface area contributed by atoms with Crippen LogP contribution in [0, 0.1) is 11.8 Å². The molecule has 0 aromatic heterocycles. The van der Waals surface area contributed by atoms with E-state index >= 15 is 0 Å². The van der Waals surface area contributed by atoms with Crippen molar-refractivity contribution in [3.63, 3.8) is 0 Å². The minimum atomic E-state index is 0.0206. The third kappa shape index (κ3) is 34.0. The summed E-state index contributed by atoms with van der Waals surface area (Å²) >= 11 is 0. The van der Waals surface area contributed by atoms with Crippen molar-refractivity contribution < 1.29 is 14.3 Å². The first-order chi connectivity index (χ1) is 27.5. The molecule has 0 N–H and O–H groups in total. The molecule has 0 aromatic carbocycles. The Labute approximate surface area is 351 Å². The van der Waals surface area contributed by atoms with E-state index in [4.69, 9.17) is 4.74 Å². The number of nitrogens with zero attached hydrogens (tertiary/aromatic N) is 2. The number of carbonyl (C=O) groups is 2. The van der Waals surface area contributed by atoms with Gasteiger partial charge in [-0.15, -0.1) is 0 Å². The van der Waals surface area contributed by atoms with Crippen molar-refractivity contribution in [2.24, 2.45) is 11.8 Å². The Balaban J connectivity index is 2.36. The first-order valence-corrected chi connectivity index (χ1v) is 25.6. The molecule has 56 heavy (non-hydrogen) atoms. The molecule has 0 spiro atoms. The molecule has 2 atom stereocenters. The van der Waals surface area contributed by atoms with Crippen LogP contribution >= 0.6 is 0 Å². The van der Waals surface area contributed by atoms with Gasteiger partial charge in [0, 0.05) is 32.4 Å². The Morgan fingerprint density at radius 1 is 0.464 bits per heavy atom. The van der Waals surface area contributed by atoms with Crippen LogP contribution in [0.4, 0.5) is 0 Å². The van der Waals surface area contributed by atoms with Gasteiger partial charge in [-0.25, -0.2) is 0 Å². The van der Waals surface area contributed by atoms with Crippen molar-refractivity contribution in [3.05, 3.63) is 0 Å². The van der Waals surface area contributed by atoms with Crippen LogP contribution in [-0.4, -0.2) is 67.4 Å². The highest BCUT2D eigenvalue weighted by Crippen LogP contribution is 2.24. The van der Waals surface area contributed by atoms with Gasteiger partial charge in [0.1, 0.15) is 5.78 Å². The van der Waals surface area contributed by atoms with Crippen molar-refractivity contribution in [2.75, 3.05) is 45.9 Å².